The Bertz CT molecular complexity index is 616. The molecule has 6 heteroatoms. The van der Waals surface area contributed by atoms with E-state index in [0.717, 1.165) is 3.57 Å². The van der Waals surface area contributed by atoms with E-state index in [9.17, 15) is 14.3 Å². The summed E-state index contributed by atoms with van der Waals surface area (Å²) in [6.45, 7) is -0.0861. The van der Waals surface area contributed by atoms with Crippen molar-refractivity contribution in [2.24, 2.45) is 0 Å². The van der Waals surface area contributed by atoms with Crippen LogP contribution in [0.1, 0.15) is 11.7 Å². The predicted molar refractivity (Wildman–Crippen MR) is 89.0 cm³/mol. The highest BCUT2D eigenvalue weighted by Crippen LogP contribution is 2.14. The molecule has 0 spiro atoms. The highest BCUT2D eigenvalue weighted by Gasteiger charge is 2.10. The summed E-state index contributed by atoms with van der Waals surface area (Å²) < 4.78 is 19.2. The number of nitrogens with one attached hydrogen (secondary N) is 1. The summed E-state index contributed by atoms with van der Waals surface area (Å²) in [6, 6.07) is 12.8. The summed E-state index contributed by atoms with van der Waals surface area (Å²) in [5, 5.41) is 12.5. The maximum Gasteiger partial charge on any atom is 0.258 e. The number of amides is 1. The van der Waals surface area contributed by atoms with E-state index >= 15 is 0 Å². The molecule has 0 aliphatic rings. The number of benzene rings is 2. The summed E-state index contributed by atoms with van der Waals surface area (Å²) in [5.74, 6) is -0.0970. The van der Waals surface area contributed by atoms with Gasteiger partial charge in [-0.1, -0.05) is 12.1 Å². The van der Waals surface area contributed by atoms with E-state index in [1.54, 1.807) is 12.1 Å². The zero-order chi connectivity index (χ0) is 15.9. The Morgan fingerprint density at radius 1 is 1.18 bits per heavy atom. The van der Waals surface area contributed by atoms with Crippen LogP contribution in [0.15, 0.2) is 48.5 Å². The third-order valence-electron chi connectivity index (χ3n) is 2.93. The van der Waals surface area contributed by atoms with Crippen molar-refractivity contribution in [2.75, 3.05) is 13.2 Å². The number of rotatable bonds is 6. The fraction of sp³-hybridized carbons (Fsp3) is 0.188. The van der Waals surface area contributed by atoms with Gasteiger partial charge in [0.2, 0.25) is 0 Å². The molecular weight excluding hydrogens is 400 g/mol. The van der Waals surface area contributed by atoms with Crippen LogP contribution >= 0.6 is 22.6 Å². The van der Waals surface area contributed by atoms with Crippen molar-refractivity contribution in [3.63, 3.8) is 0 Å². The van der Waals surface area contributed by atoms with Crippen LogP contribution in [0.2, 0.25) is 0 Å². The van der Waals surface area contributed by atoms with Gasteiger partial charge in [0, 0.05) is 10.1 Å². The smallest absolute Gasteiger partial charge is 0.258 e. The van der Waals surface area contributed by atoms with Crippen LogP contribution in [0.4, 0.5) is 4.39 Å². The first-order chi connectivity index (χ1) is 10.5. The minimum atomic E-state index is -0.886. The van der Waals surface area contributed by atoms with E-state index in [1.165, 1.54) is 24.3 Å². The summed E-state index contributed by atoms with van der Waals surface area (Å²) >= 11 is 2.18. The van der Waals surface area contributed by atoms with Gasteiger partial charge in [0.1, 0.15) is 11.6 Å². The lowest BCUT2D eigenvalue weighted by atomic mass is 10.1. The van der Waals surface area contributed by atoms with E-state index in [4.69, 9.17) is 4.74 Å². The van der Waals surface area contributed by atoms with Crippen molar-refractivity contribution in [3.8, 4) is 5.75 Å². The van der Waals surface area contributed by atoms with Crippen LogP contribution in [0.25, 0.3) is 0 Å². The van der Waals surface area contributed by atoms with Gasteiger partial charge in [0.25, 0.3) is 5.91 Å². The van der Waals surface area contributed by atoms with Crippen molar-refractivity contribution in [3.05, 3.63) is 63.5 Å². The van der Waals surface area contributed by atoms with Crippen LogP contribution in [0.3, 0.4) is 0 Å². The number of hydrogen-bond acceptors (Lipinski definition) is 3. The van der Waals surface area contributed by atoms with E-state index in [1.807, 2.05) is 12.1 Å². The first-order valence-electron chi connectivity index (χ1n) is 6.63. The SMILES string of the molecule is O=C(COc1ccc(I)cc1)NCC(O)c1ccc(F)cc1. The molecular formula is C16H15FINO3. The summed E-state index contributed by atoms with van der Waals surface area (Å²) in [5.41, 5.74) is 0.542. The average molecular weight is 415 g/mol. The third-order valence-corrected chi connectivity index (χ3v) is 3.65. The summed E-state index contributed by atoms with van der Waals surface area (Å²) in [4.78, 5) is 11.7. The first-order valence-corrected chi connectivity index (χ1v) is 7.71. The Morgan fingerprint density at radius 2 is 1.82 bits per heavy atom. The van der Waals surface area contributed by atoms with Gasteiger partial charge in [-0.15, -0.1) is 0 Å². The van der Waals surface area contributed by atoms with Gasteiger partial charge in [-0.05, 0) is 64.6 Å². The second-order valence-electron chi connectivity index (χ2n) is 4.61. The standard InChI is InChI=1S/C16H15FINO3/c17-12-3-1-11(2-4-12)15(20)9-19-16(21)10-22-14-7-5-13(18)6-8-14/h1-8,15,20H,9-10H2,(H,19,21). The van der Waals surface area contributed by atoms with Crippen LogP contribution in [-0.4, -0.2) is 24.2 Å². The van der Waals surface area contributed by atoms with Crippen molar-refractivity contribution < 1.29 is 19.0 Å². The van der Waals surface area contributed by atoms with E-state index in [-0.39, 0.29) is 24.9 Å². The molecule has 1 amide bonds. The van der Waals surface area contributed by atoms with Gasteiger partial charge in [0.05, 0.1) is 6.10 Å². The van der Waals surface area contributed by atoms with Crippen molar-refractivity contribution >= 4 is 28.5 Å². The minimum Gasteiger partial charge on any atom is -0.484 e. The highest BCUT2D eigenvalue weighted by atomic mass is 127. The van der Waals surface area contributed by atoms with Crippen LogP contribution in [-0.2, 0) is 4.79 Å². The van der Waals surface area contributed by atoms with Crippen molar-refractivity contribution in [1.82, 2.24) is 5.32 Å². The molecule has 1 unspecified atom stereocenters. The minimum absolute atomic E-state index is 0.0422. The monoisotopic (exact) mass is 415 g/mol. The van der Waals surface area contributed by atoms with Gasteiger partial charge in [0.15, 0.2) is 6.61 Å². The largest absolute Gasteiger partial charge is 0.484 e. The number of carbonyl (C=O) groups excluding carboxylic acids is 1. The first kappa shape index (κ1) is 16.7. The number of halogens is 2. The highest BCUT2D eigenvalue weighted by molar-refractivity contribution is 14.1. The number of ether oxygens (including phenoxy) is 1. The van der Waals surface area contributed by atoms with Gasteiger partial charge >= 0.3 is 0 Å². The number of carbonyl (C=O) groups is 1. The van der Waals surface area contributed by atoms with E-state index < -0.39 is 6.10 Å². The fourth-order valence-corrected chi connectivity index (χ4v) is 2.10. The maximum atomic E-state index is 12.8. The summed E-state index contributed by atoms with van der Waals surface area (Å²) in [6.07, 6.45) is -0.886. The van der Waals surface area contributed by atoms with Crippen molar-refractivity contribution in [1.29, 1.82) is 0 Å². The molecule has 116 valence electrons. The Morgan fingerprint density at radius 3 is 2.45 bits per heavy atom. The lowest BCUT2D eigenvalue weighted by molar-refractivity contribution is -0.123. The molecule has 0 fully saturated rings. The van der Waals surface area contributed by atoms with E-state index in [0.29, 0.717) is 11.3 Å². The maximum absolute atomic E-state index is 12.8. The van der Waals surface area contributed by atoms with Gasteiger partial charge in [-0.2, -0.15) is 0 Å². The molecule has 2 N–H and O–H groups in total. The Balaban J connectivity index is 1.75. The molecule has 4 nitrogen and oxygen atoms in total. The number of aliphatic hydroxyl groups excluding tert-OH is 1. The Kier molecular flexibility index (Phi) is 6.14. The van der Waals surface area contributed by atoms with Crippen LogP contribution in [0, 0.1) is 9.39 Å². The molecule has 0 aliphatic carbocycles. The molecule has 0 saturated heterocycles. The molecule has 0 bridgehead atoms. The Hall–Kier alpha value is -1.67. The molecule has 0 aromatic heterocycles. The molecule has 0 saturated carbocycles. The second kappa shape index (κ2) is 8.09. The third kappa shape index (κ3) is 5.27. The van der Waals surface area contributed by atoms with Gasteiger partial charge in [-0.25, -0.2) is 4.39 Å². The molecule has 2 rings (SSSR count). The zero-order valence-electron chi connectivity index (χ0n) is 11.6. The summed E-state index contributed by atoms with van der Waals surface area (Å²) in [7, 11) is 0. The van der Waals surface area contributed by atoms with Crippen LogP contribution < -0.4 is 10.1 Å². The molecule has 22 heavy (non-hydrogen) atoms. The number of aliphatic hydroxyl groups is 1. The van der Waals surface area contributed by atoms with Gasteiger partial charge in [-0.3, -0.25) is 4.79 Å². The normalized spacial score (nSPS) is 11.8. The van der Waals surface area contributed by atoms with E-state index in [2.05, 4.69) is 27.9 Å². The molecule has 0 aliphatic heterocycles. The predicted octanol–water partition coefficient (Wildman–Crippen LogP) is 2.66. The van der Waals surface area contributed by atoms with Crippen LogP contribution in [0.5, 0.6) is 5.75 Å². The van der Waals surface area contributed by atoms with Crippen molar-refractivity contribution in [2.45, 2.75) is 6.10 Å². The topological polar surface area (TPSA) is 58.6 Å². The quantitative estimate of drug-likeness (QED) is 0.714. The molecule has 2 aromatic rings. The molecule has 0 radical (unpaired) electrons. The Labute approximate surface area is 141 Å². The molecule has 1 atom stereocenters. The number of hydrogen-bond donors (Lipinski definition) is 2. The molecule has 2 aromatic carbocycles. The lowest BCUT2D eigenvalue weighted by Crippen LogP contribution is -2.32. The zero-order valence-corrected chi connectivity index (χ0v) is 13.8. The molecule has 0 heterocycles. The van der Waals surface area contributed by atoms with Gasteiger partial charge < -0.3 is 15.2 Å². The fourth-order valence-electron chi connectivity index (χ4n) is 1.74. The average Bonchev–Trinajstić information content (AvgIpc) is 2.52. The second-order valence-corrected chi connectivity index (χ2v) is 5.86. The lowest BCUT2D eigenvalue weighted by Gasteiger charge is -2.12.